The molecule has 3 heterocycles. The number of fused-ring (bicyclic) bond motifs is 1. The van der Waals surface area contributed by atoms with Crippen molar-refractivity contribution < 1.29 is 14.0 Å². The summed E-state index contributed by atoms with van der Waals surface area (Å²) < 4.78 is 16.6. The average Bonchev–Trinajstić information content (AvgIpc) is 3.30. The summed E-state index contributed by atoms with van der Waals surface area (Å²) in [7, 11) is 0. The second-order valence-corrected chi connectivity index (χ2v) is 9.36. The zero-order valence-corrected chi connectivity index (χ0v) is 19.8. The molecule has 1 saturated heterocycles. The van der Waals surface area contributed by atoms with Crippen LogP contribution >= 0.6 is 0 Å². The summed E-state index contributed by atoms with van der Waals surface area (Å²) in [5.74, 6) is 0.491. The Bertz CT molecular complexity index is 1150. The lowest BCUT2D eigenvalue weighted by molar-refractivity contribution is -0.132. The maximum absolute atomic E-state index is 14.7. The molecule has 2 aromatic heterocycles. The first-order valence-electron chi connectivity index (χ1n) is 11.9. The summed E-state index contributed by atoms with van der Waals surface area (Å²) in [6.07, 6.45) is 8.58. The number of anilines is 1. The number of urea groups is 1. The van der Waals surface area contributed by atoms with E-state index in [1.165, 1.54) is 6.07 Å². The van der Waals surface area contributed by atoms with E-state index in [1.807, 2.05) is 39.9 Å². The molecule has 1 fully saturated rings. The first kappa shape index (κ1) is 23.7. The van der Waals surface area contributed by atoms with Crippen molar-refractivity contribution in [2.24, 2.45) is 5.92 Å². The van der Waals surface area contributed by atoms with E-state index in [2.05, 4.69) is 29.5 Å². The van der Waals surface area contributed by atoms with Crippen LogP contribution in [0.1, 0.15) is 56.6 Å². The van der Waals surface area contributed by atoms with E-state index < -0.39 is 11.8 Å². The lowest BCUT2D eigenvalue weighted by Crippen LogP contribution is -2.37. The van der Waals surface area contributed by atoms with Crippen LogP contribution < -0.4 is 10.6 Å². The number of rotatable bonds is 7. The number of aromatic nitrogens is 2. The molecule has 1 aliphatic heterocycles. The normalized spacial score (nSPS) is 14.5. The summed E-state index contributed by atoms with van der Waals surface area (Å²) in [6, 6.07) is 8.30. The lowest BCUT2D eigenvalue weighted by Gasteiger charge is -2.32. The molecule has 1 aromatic carbocycles. The van der Waals surface area contributed by atoms with Gasteiger partial charge in [0, 0.05) is 44.6 Å². The van der Waals surface area contributed by atoms with Crippen LogP contribution in [0, 0.1) is 11.7 Å². The summed E-state index contributed by atoms with van der Waals surface area (Å²) in [6.45, 7) is 5.96. The summed E-state index contributed by atoms with van der Waals surface area (Å²) in [4.78, 5) is 30.8. The molecule has 180 valence electrons. The quantitative estimate of drug-likeness (QED) is 0.519. The van der Waals surface area contributed by atoms with Crippen LogP contribution in [-0.4, -0.2) is 39.3 Å². The molecule has 0 spiro atoms. The second-order valence-electron chi connectivity index (χ2n) is 9.36. The Morgan fingerprint density at radius 1 is 1.15 bits per heavy atom. The van der Waals surface area contributed by atoms with Crippen LogP contribution in [0.4, 0.5) is 14.9 Å². The molecule has 0 radical (unpaired) electrons. The minimum Gasteiger partial charge on any atom is -0.343 e. The van der Waals surface area contributed by atoms with Gasteiger partial charge >= 0.3 is 6.03 Å². The molecule has 34 heavy (non-hydrogen) atoms. The zero-order chi connectivity index (χ0) is 24.1. The molecule has 0 unspecified atom stereocenters. The third-order valence-electron chi connectivity index (χ3n) is 6.41. The van der Waals surface area contributed by atoms with Crippen molar-refractivity contribution >= 4 is 23.3 Å². The SMILES string of the molecule is CC(C)CCC(=O)N1CCC(c2ccc(NC(=O)NCc3ccn4ccnc4c3)c(F)c2)CC1. The third kappa shape index (κ3) is 5.92. The highest BCUT2D eigenvalue weighted by Crippen LogP contribution is 2.30. The molecule has 2 N–H and O–H groups in total. The van der Waals surface area contributed by atoms with Gasteiger partial charge in [0.05, 0.1) is 5.69 Å². The van der Waals surface area contributed by atoms with Gasteiger partial charge in [0.25, 0.3) is 0 Å². The van der Waals surface area contributed by atoms with Crippen molar-refractivity contribution in [3.63, 3.8) is 0 Å². The predicted octanol–water partition coefficient (Wildman–Crippen LogP) is 4.94. The second kappa shape index (κ2) is 10.7. The van der Waals surface area contributed by atoms with Gasteiger partial charge in [-0.2, -0.15) is 0 Å². The molecule has 0 atom stereocenters. The summed E-state index contributed by atoms with van der Waals surface area (Å²) >= 11 is 0. The fourth-order valence-corrected chi connectivity index (χ4v) is 4.33. The number of amides is 3. The summed E-state index contributed by atoms with van der Waals surface area (Å²) in [5, 5.41) is 5.34. The molecule has 7 nitrogen and oxygen atoms in total. The van der Waals surface area contributed by atoms with Gasteiger partial charge in [-0.05, 0) is 66.5 Å². The van der Waals surface area contributed by atoms with Crippen molar-refractivity contribution in [2.45, 2.75) is 52.0 Å². The molecule has 8 heteroatoms. The van der Waals surface area contributed by atoms with Crippen LogP contribution in [0.3, 0.4) is 0 Å². The van der Waals surface area contributed by atoms with E-state index in [9.17, 15) is 14.0 Å². The Hall–Kier alpha value is -3.42. The van der Waals surface area contributed by atoms with Gasteiger partial charge in [-0.15, -0.1) is 0 Å². The number of nitrogens with zero attached hydrogens (tertiary/aromatic N) is 3. The standard InChI is InChI=1S/C26H32FN5O2/c1-18(2)3-6-25(33)32-12-8-20(9-13-32)21-4-5-23(22(27)16-21)30-26(34)29-17-19-7-11-31-14-10-28-24(31)15-19/h4-5,7,10-11,14-16,18,20H,3,6,8-9,12-13,17H2,1-2H3,(H2,29,30,34). The topological polar surface area (TPSA) is 78.7 Å². The Labute approximate surface area is 199 Å². The fraction of sp³-hybridized carbons (Fsp3) is 0.423. The van der Waals surface area contributed by atoms with Crippen molar-refractivity contribution in [2.75, 3.05) is 18.4 Å². The predicted molar refractivity (Wildman–Crippen MR) is 130 cm³/mol. The first-order valence-corrected chi connectivity index (χ1v) is 11.9. The molecule has 0 bridgehead atoms. The number of piperidine rings is 1. The van der Waals surface area contributed by atoms with Crippen LogP contribution in [0.15, 0.2) is 48.9 Å². The highest BCUT2D eigenvalue weighted by Gasteiger charge is 2.24. The van der Waals surface area contributed by atoms with E-state index in [1.54, 1.807) is 12.3 Å². The van der Waals surface area contributed by atoms with Crippen molar-refractivity contribution in [3.05, 3.63) is 65.9 Å². The van der Waals surface area contributed by atoms with E-state index >= 15 is 0 Å². The molecule has 3 amide bonds. The Morgan fingerprint density at radius 2 is 1.94 bits per heavy atom. The van der Waals surface area contributed by atoms with E-state index in [4.69, 9.17) is 0 Å². The van der Waals surface area contributed by atoms with Gasteiger partial charge < -0.3 is 19.9 Å². The molecule has 0 aliphatic carbocycles. The number of nitrogens with one attached hydrogen (secondary N) is 2. The number of carbonyl (C=O) groups is 2. The van der Waals surface area contributed by atoms with Gasteiger partial charge in [0.15, 0.2) is 0 Å². The van der Waals surface area contributed by atoms with Gasteiger partial charge in [-0.3, -0.25) is 4.79 Å². The highest BCUT2D eigenvalue weighted by molar-refractivity contribution is 5.89. The Balaban J connectivity index is 1.27. The largest absolute Gasteiger partial charge is 0.343 e. The Morgan fingerprint density at radius 3 is 2.68 bits per heavy atom. The maximum atomic E-state index is 14.7. The van der Waals surface area contributed by atoms with Crippen molar-refractivity contribution in [1.82, 2.24) is 19.6 Å². The van der Waals surface area contributed by atoms with Crippen LogP contribution in [0.25, 0.3) is 5.65 Å². The van der Waals surface area contributed by atoms with Crippen LogP contribution in [0.5, 0.6) is 0 Å². The van der Waals surface area contributed by atoms with Crippen LogP contribution in [-0.2, 0) is 11.3 Å². The number of benzene rings is 1. The monoisotopic (exact) mass is 465 g/mol. The third-order valence-corrected chi connectivity index (χ3v) is 6.41. The van der Waals surface area contributed by atoms with Gasteiger partial charge in [0.2, 0.25) is 5.91 Å². The molecule has 3 aromatic rings. The number of hydrogen-bond acceptors (Lipinski definition) is 3. The van der Waals surface area contributed by atoms with Gasteiger partial charge in [-0.1, -0.05) is 19.9 Å². The van der Waals surface area contributed by atoms with E-state index in [0.29, 0.717) is 32.0 Å². The average molecular weight is 466 g/mol. The maximum Gasteiger partial charge on any atom is 0.319 e. The number of pyridine rings is 1. The first-order chi connectivity index (χ1) is 16.4. The smallest absolute Gasteiger partial charge is 0.319 e. The Kier molecular flexibility index (Phi) is 7.45. The molecule has 0 saturated carbocycles. The molecular weight excluding hydrogens is 433 g/mol. The molecule has 1 aliphatic rings. The van der Waals surface area contributed by atoms with E-state index in [-0.39, 0.29) is 17.5 Å². The van der Waals surface area contributed by atoms with Gasteiger partial charge in [-0.25, -0.2) is 14.2 Å². The number of likely N-dealkylation sites (tertiary alicyclic amines) is 1. The lowest BCUT2D eigenvalue weighted by atomic mass is 9.89. The summed E-state index contributed by atoms with van der Waals surface area (Å²) in [5.41, 5.74) is 2.75. The molecule has 4 rings (SSSR count). The zero-order valence-electron chi connectivity index (χ0n) is 19.8. The highest BCUT2D eigenvalue weighted by atomic mass is 19.1. The fourth-order valence-electron chi connectivity index (χ4n) is 4.33. The number of hydrogen-bond donors (Lipinski definition) is 2. The molecular formula is C26H32FN5O2. The number of carbonyl (C=O) groups excluding carboxylic acids is 2. The van der Waals surface area contributed by atoms with Gasteiger partial charge in [0.1, 0.15) is 11.5 Å². The van der Waals surface area contributed by atoms with Crippen LogP contribution in [0.2, 0.25) is 0 Å². The minimum atomic E-state index is -0.469. The van der Waals surface area contributed by atoms with Crippen molar-refractivity contribution in [1.29, 1.82) is 0 Å². The minimum absolute atomic E-state index is 0.145. The number of imidazole rings is 1. The number of halogens is 1. The van der Waals surface area contributed by atoms with E-state index in [0.717, 1.165) is 36.0 Å². The van der Waals surface area contributed by atoms with Crippen molar-refractivity contribution in [3.8, 4) is 0 Å².